The minimum Gasteiger partial charge on any atom is -0.479 e. The molecule has 18 heteroatoms. The molecule has 1 aromatic heterocycles. The molecule has 0 saturated carbocycles. The second-order valence-corrected chi connectivity index (χ2v) is 16.2. The number of aryl methyl sites for hydroxylation is 2. The molecular weight excluding hydrogens is 872 g/mol. The summed E-state index contributed by atoms with van der Waals surface area (Å²) in [5.74, 6) is -5.55. The molecular formula is C48H51F5N4O9. The monoisotopic (exact) mass is 922 g/mol. The average Bonchev–Trinajstić information content (AvgIpc) is 3.31. The molecule has 352 valence electrons. The number of fused-ring (bicyclic) bond motifs is 1. The molecule has 2 atom stereocenters. The highest BCUT2D eigenvalue weighted by Gasteiger charge is 2.32. The minimum absolute atomic E-state index is 0.0628. The summed E-state index contributed by atoms with van der Waals surface area (Å²) >= 11 is 0. The summed E-state index contributed by atoms with van der Waals surface area (Å²) in [5, 5.41) is 33.0. The van der Waals surface area contributed by atoms with Gasteiger partial charge < -0.3 is 39.5 Å². The third kappa shape index (κ3) is 12.8. The van der Waals surface area contributed by atoms with E-state index in [9.17, 15) is 41.1 Å². The van der Waals surface area contributed by atoms with E-state index >= 15 is 0 Å². The number of rotatable bonds is 15. The van der Waals surface area contributed by atoms with Gasteiger partial charge in [-0.2, -0.15) is 13.2 Å². The van der Waals surface area contributed by atoms with Gasteiger partial charge in [0.15, 0.2) is 29.3 Å². The molecule has 0 aliphatic carbocycles. The number of carboxylic acid groups (broad SMARTS) is 2. The Morgan fingerprint density at radius 3 is 1.91 bits per heavy atom. The number of carbonyl (C=O) groups excluding carboxylic acids is 1. The summed E-state index contributed by atoms with van der Waals surface area (Å²) in [6.45, 7) is 7.15. The van der Waals surface area contributed by atoms with Gasteiger partial charge in [0.1, 0.15) is 6.54 Å². The number of carboxylic acids is 2. The van der Waals surface area contributed by atoms with E-state index in [0.29, 0.717) is 28.7 Å². The molecule has 2 fully saturated rings. The summed E-state index contributed by atoms with van der Waals surface area (Å²) in [6, 6.07) is 25.1. The first kappa shape index (κ1) is 49.4. The number of hydrogen-bond acceptors (Lipinski definition) is 9. The smallest absolute Gasteiger partial charge is 0.416 e. The summed E-state index contributed by atoms with van der Waals surface area (Å²) < 4.78 is 75.5. The third-order valence-corrected chi connectivity index (χ3v) is 11.9. The molecule has 2 aliphatic heterocycles. The zero-order valence-electron chi connectivity index (χ0n) is 35.9. The fourth-order valence-corrected chi connectivity index (χ4v) is 8.11. The van der Waals surface area contributed by atoms with Crippen LogP contribution in [0.25, 0.3) is 22.0 Å². The van der Waals surface area contributed by atoms with Crippen LogP contribution in [-0.4, -0.2) is 128 Å². The Morgan fingerprint density at radius 2 is 1.32 bits per heavy atom. The molecule has 0 spiro atoms. The van der Waals surface area contributed by atoms with Crippen LogP contribution in [0.4, 0.5) is 22.0 Å². The van der Waals surface area contributed by atoms with Gasteiger partial charge in [-0.1, -0.05) is 60.7 Å². The van der Waals surface area contributed by atoms with Crippen molar-refractivity contribution < 1.29 is 61.5 Å². The Hall–Kier alpha value is -6.05. The second-order valence-electron chi connectivity index (χ2n) is 16.2. The highest BCUT2D eigenvalue weighted by atomic mass is 19.4. The van der Waals surface area contributed by atoms with Gasteiger partial charge in [0.25, 0.3) is 0 Å². The van der Waals surface area contributed by atoms with E-state index in [1.165, 1.54) is 30.3 Å². The molecule has 7 rings (SSSR count). The summed E-state index contributed by atoms with van der Waals surface area (Å²) in [7, 11) is 0. The Kier molecular flexibility index (Phi) is 16.8. The number of ether oxygens (including phenoxy) is 1. The van der Waals surface area contributed by atoms with Crippen molar-refractivity contribution in [2.75, 3.05) is 52.5 Å². The van der Waals surface area contributed by atoms with Gasteiger partial charge in [0.05, 0.1) is 24.3 Å². The molecule has 5 aromatic rings. The molecule has 2 saturated heterocycles. The third-order valence-electron chi connectivity index (χ3n) is 11.9. The Balaban J connectivity index is 0.000000645. The van der Waals surface area contributed by atoms with E-state index in [-0.39, 0.29) is 42.3 Å². The number of aliphatic carboxylic acids is 2. The molecule has 66 heavy (non-hydrogen) atoms. The number of aromatic nitrogens is 1. The number of pyridine rings is 1. The number of morpholine rings is 1. The molecule has 0 unspecified atom stereocenters. The van der Waals surface area contributed by atoms with Crippen molar-refractivity contribution in [1.29, 1.82) is 0 Å². The number of hydrogen-bond donors (Lipinski definition) is 4. The van der Waals surface area contributed by atoms with Gasteiger partial charge in [-0.25, -0.2) is 18.4 Å². The van der Waals surface area contributed by atoms with E-state index in [1.807, 2.05) is 33.7 Å². The number of likely N-dealkylation sites (tertiary alicyclic amines) is 1. The minimum atomic E-state index is -4.42. The van der Waals surface area contributed by atoms with Gasteiger partial charge in [-0.3, -0.25) is 14.5 Å². The van der Waals surface area contributed by atoms with Crippen LogP contribution in [0.1, 0.15) is 35.2 Å². The molecule has 4 aromatic carbocycles. The van der Waals surface area contributed by atoms with E-state index < -0.39 is 47.5 Å². The maximum atomic E-state index is 14.7. The van der Waals surface area contributed by atoms with Crippen LogP contribution in [0.5, 0.6) is 0 Å². The van der Waals surface area contributed by atoms with Gasteiger partial charge in [0, 0.05) is 69.0 Å². The highest BCUT2D eigenvalue weighted by molar-refractivity contribution is 5.84. The quantitative estimate of drug-likeness (QED) is 0.0984. The SMILES string of the molecule is O=C(Cn1c(CCc2cccc(F)c2F)cc(=O)c2ccccc21)N(Cc1ccc(-c2ccc(C(F)(F)F)cc2)cc1)C1CCN(CCN2CCOCC2)CC1.O=C(O)[C@H](O)[C@@H](O)C(=O)O. The second kappa shape index (κ2) is 22.4. The lowest BCUT2D eigenvalue weighted by atomic mass is 10.00. The van der Waals surface area contributed by atoms with Gasteiger partial charge in [-0.15, -0.1) is 0 Å². The number of aliphatic hydroxyl groups is 2. The Morgan fingerprint density at radius 1 is 0.742 bits per heavy atom. The van der Waals surface area contributed by atoms with Crippen molar-refractivity contribution in [1.82, 2.24) is 19.3 Å². The van der Waals surface area contributed by atoms with Crippen LogP contribution in [-0.2, 0) is 51.2 Å². The van der Waals surface area contributed by atoms with Crippen LogP contribution in [0.2, 0.25) is 0 Å². The summed E-state index contributed by atoms with van der Waals surface area (Å²) in [6.07, 6.45) is -7.06. The molecule has 3 heterocycles. The number of benzene rings is 4. The average molecular weight is 923 g/mol. The summed E-state index contributed by atoms with van der Waals surface area (Å²) in [4.78, 5) is 54.2. The van der Waals surface area contributed by atoms with Crippen molar-refractivity contribution in [2.45, 2.75) is 63.2 Å². The fourth-order valence-electron chi connectivity index (χ4n) is 8.11. The maximum absolute atomic E-state index is 14.7. The van der Waals surface area contributed by atoms with E-state index in [1.54, 1.807) is 24.3 Å². The number of para-hydroxylation sites is 1. The van der Waals surface area contributed by atoms with Crippen molar-refractivity contribution in [3.63, 3.8) is 0 Å². The first-order valence-corrected chi connectivity index (χ1v) is 21.4. The first-order chi connectivity index (χ1) is 31.5. The van der Waals surface area contributed by atoms with Crippen molar-refractivity contribution in [2.24, 2.45) is 0 Å². The van der Waals surface area contributed by atoms with Crippen molar-refractivity contribution in [3.8, 4) is 11.1 Å². The van der Waals surface area contributed by atoms with E-state index in [4.69, 9.17) is 25.2 Å². The van der Waals surface area contributed by atoms with E-state index in [0.717, 1.165) is 94.6 Å². The molecule has 13 nitrogen and oxygen atoms in total. The number of halogens is 5. The van der Waals surface area contributed by atoms with Gasteiger partial charge in [0.2, 0.25) is 5.91 Å². The highest BCUT2D eigenvalue weighted by Crippen LogP contribution is 2.31. The Labute approximate surface area is 376 Å². The van der Waals surface area contributed by atoms with Crippen LogP contribution in [0, 0.1) is 11.6 Å². The normalized spacial score (nSPS) is 16.0. The number of aliphatic hydroxyl groups excluding tert-OH is 2. The zero-order chi connectivity index (χ0) is 47.5. The van der Waals surface area contributed by atoms with Crippen LogP contribution in [0.15, 0.2) is 102 Å². The standard InChI is InChI=1S/C44H45F5N4O3.C4H6O6/c45-39-6-3-4-34(43(39)46)14-17-37-28-41(54)38-5-1-2-7-40(38)52(37)30-42(55)53(36-18-20-50(21-19-36)22-23-51-24-26-56-27-25-51)29-31-8-10-32(11-9-31)33-12-15-35(16-13-33)44(47,48)49;5-1(3(7)8)2(6)4(9)10/h1-13,15-16,28,36H,14,17-27,29-30H2;1-2,5-6H,(H,7,8)(H,9,10)/t;1-,2-/m.1/s1. The van der Waals surface area contributed by atoms with Gasteiger partial charge >= 0.3 is 18.1 Å². The van der Waals surface area contributed by atoms with Gasteiger partial charge in [-0.05, 0) is 78.3 Å². The molecule has 1 amide bonds. The maximum Gasteiger partial charge on any atom is 0.416 e. The Bertz CT molecular complexity index is 2490. The largest absolute Gasteiger partial charge is 0.479 e. The number of nitrogens with zero attached hydrogens (tertiary/aromatic N) is 4. The fraction of sp³-hybridized carbons (Fsp3) is 0.375. The van der Waals surface area contributed by atoms with E-state index in [2.05, 4.69) is 9.80 Å². The van der Waals surface area contributed by atoms with Crippen LogP contribution < -0.4 is 5.43 Å². The molecule has 4 N–H and O–H groups in total. The first-order valence-electron chi connectivity index (χ1n) is 21.4. The lowest BCUT2D eigenvalue weighted by molar-refractivity contribution is -0.165. The lowest BCUT2D eigenvalue weighted by Gasteiger charge is -2.39. The number of piperidine rings is 1. The zero-order valence-corrected chi connectivity index (χ0v) is 35.9. The molecule has 0 bridgehead atoms. The topological polar surface area (TPSA) is 173 Å². The summed E-state index contributed by atoms with van der Waals surface area (Å²) in [5.41, 5.74) is 2.67. The molecule has 0 radical (unpaired) electrons. The van der Waals surface area contributed by atoms with Crippen molar-refractivity contribution in [3.05, 3.63) is 141 Å². The predicted molar refractivity (Wildman–Crippen MR) is 233 cm³/mol. The number of carbonyl (C=O) groups is 3. The number of alkyl halides is 3. The lowest BCUT2D eigenvalue weighted by Crippen LogP contribution is -2.49. The van der Waals surface area contributed by atoms with Crippen molar-refractivity contribution >= 4 is 28.7 Å². The molecule has 2 aliphatic rings. The van der Waals surface area contributed by atoms with Crippen LogP contribution >= 0.6 is 0 Å². The van der Waals surface area contributed by atoms with Crippen LogP contribution in [0.3, 0.4) is 0 Å². The number of amides is 1. The predicted octanol–water partition coefficient (Wildman–Crippen LogP) is 5.45.